The molecule has 1 rings (SSSR count). The van der Waals surface area contributed by atoms with Crippen molar-refractivity contribution in [3.8, 4) is 0 Å². The summed E-state index contributed by atoms with van der Waals surface area (Å²) in [5, 5.41) is 3.12. The largest absolute Gasteiger partial charge is 0.385 e. The summed E-state index contributed by atoms with van der Waals surface area (Å²) in [6.07, 6.45) is 0.572. The van der Waals surface area contributed by atoms with Gasteiger partial charge in [-0.3, -0.25) is 0 Å². The standard InChI is InChI=1S/C8H18N2O3S/c1-13-7-2-8-14(11,12)10-5-3-9-4-6-10/h9H,2-8H2,1H3. The highest BCUT2D eigenvalue weighted by Crippen LogP contribution is 2.04. The van der Waals surface area contributed by atoms with Crippen LogP contribution < -0.4 is 5.32 Å². The predicted molar refractivity (Wildman–Crippen MR) is 54.7 cm³/mol. The average molecular weight is 222 g/mol. The van der Waals surface area contributed by atoms with Gasteiger partial charge in [-0.15, -0.1) is 0 Å². The van der Waals surface area contributed by atoms with Crippen molar-refractivity contribution in [2.24, 2.45) is 0 Å². The van der Waals surface area contributed by atoms with Gasteiger partial charge in [0.1, 0.15) is 0 Å². The fourth-order valence-electron chi connectivity index (χ4n) is 1.44. The van der Waals surface area contributed by atoms with Crippen molar-refractivity contribution in [3.63, 3.8) is 0 Å². The summed E-state index contributed by atoms with van der Waals surface area (Å²) in [7, 11) is -1.46. The minimum atomic E-state index is -3.04. The van der Waals surface area contributed by atoms with Gasteiger partial charge in [0.05, 0.1) is 5.75 Å². The van der Waals surface area contributed by atoms with Gasteiger partial charge in [-0.25, -0.2) is 8.42 Å². The minimum Gasteiger partial charge on any atom is -0.385 e. The summed E-state index contributed by atoms with van der Waals surface area (Å²) in [6, 6.07) is 0. The Balaban J connectivity index is 2.38. The predicted octanol–water partition coefficient (Wildman–Crippen LogP) is -0.742. The van der Waals surface area contributed by atoms with Crippen LogP contribution in [0.5, 0.6) is 0 Å². The number of piperazine rings is 1. The summed E-state index contributed by atoms with van der Waals surface area (Å²) < 4.78 is 29.8. The van der Waals surface area contributed by atoms with Crippen LogP contribution in [0.4, 0.5) is 0 Å². The van der Waals surface area contributed by atoms with Gasteiger partial charge in [0, 0.05) is 39.9 Å². The van der Waals surface area contributed by atoms with E-state index >= 15 is 0 Å². The Morgan fingerprint density at radius 2 is 2.00 bits per heavy atom. The molecule has 0 spiro atoms. The first-order valence-electron chi connectivity index (χ1n) is 4.84. The lowest BCUT2D eigenvalue weighted by Gasteiger charge is -2.26. The van der Waals surface area contributed by atoms with Crippen molar-refractivity contribution in [2.45, 2.75) is 6.42 Å². The van der Waals surface area contributed by atoms with Gasteiger partial charge in [0.25, 0.3) is 0 Å². The Morgan fingerprint density at radius 3 is 2.57 bits per heavy atom. The molecule has 5 nitrogen and oxygen atoms in total. The molecule has 0 unspecified atom stereocenters. The van der Waals surface area contributed by atoms with Crippen molar-refractivity contribution in [1.29, 1.82) is 0 Å². The van der Waals surface area contributed by atoms with Gasteiger partial charge in [-0.1, -0.05) is 0 Å². The van der Waals surface area contributed by atoms with Gasteiger partial charge in [0.15, 0.2) is 0 Å². The quantitative estimate of drug-likeness (QED) is 0.622. The van der Waals surface area contributed by atoms with Crippen LogP contribution in [0.3, 0.4) is 0 Å². The van der Waals surface area contributed by atoms with Crippen LogP contribution in [0.2, 0.25) is 0 Å². The summed E-state index contributed by atoms with van der Waals surface area (Å²) >= 11 is 0. The number of ether oxygens (including phenoxy) is 1. The highest BCUT2D eigenvalue weighted by atomic mass is 32.2. The Hall–Kier alpha value is -0.170. The van der Waals surface area contributed by atoms with Crippen LogP contribution in [0.25, 0.3) is 0 Å². The fourth-order valence-corrected chi connectivity index (χ4v) is 2.92. The van der Waals surface area contributed by atoms with E-state index in [4.69, 9.17) is 4.74 Å². The van der Waals surface area contributed by atoms with E-state index in [-0.39, 0.29) is 5.75 Å². The lowest BCUT2D eigenvalue weighted by Crippen LogP contribution is -2.47. The molecule has 0 aromatic heterocycles. The smallest absolute Gasteiger partial charge is 0.214 e. The lowest BCUT2D eigenvalue weighted by atomic mass is 10.4. The summed E-state index contributed by atoms with van der Waals surface area (Å²) in [4.78, 5) is 0. The molecule has 0 aromatic carbocycles. The number of hydrogen-bond acceptors (Lipinski definition) is 4. The topological polar surface area (TPSA) is 58.6 Å². The van der Waals surface area contributed by atoms with Crippen LogP contribution >= 0.6 is 0 Å². The Labute approximate surface area is 85.5 Å². The molecule has 0 atom stereocenters. The number of sulfonamides is 1. The zero-order chi connectivity index (χ0) is 10.4. The zero-order valence-electron chi connectivity index (χ0n) is 8.53. The molecule has 1 saturated heterocycles. The SMILES string of the molecule is COCCCS(=O)(=O)N1CCNCC1. The molecule has 84 valence electrons. The molecular weight excluding hydrogens is 204 g/mol. The van der Waals surface area contributed by atoms with E-state index in [1.54, 1.807) is 11.4 Å². The molecule has 14 heavy (non-hydrogen) atoms. The number of nitrogens with one attached hydrogen (secondary N) is 1. The number of rotatable bonds is 5. The van der Waals surface area contributed by atoms with E-state index in [9.17, 15) is 8.42 Å². The molecule has 1 aliphatic rings. The van der Waals surface area contributed by atoms with E-state index in [0.29, 0.717) is 26.1 Å². The Morgan fingerprint density at radius 1 is 1.36 bits per heavy atom. The molecule has 1 N–H and O–H groups in total. The van der Waals surface area contributed by atoms with Crippen LogP contribution in [-0.2, 0) is 14.8 Å². The second-order valence-electron chi connectivity index (χ2n) is 3.31. The molecule has 0 aliphatic carbocycles. The van der Waals surface area contributed by atoms with E-state index < -0.39 is 10.0 Å². The fraction of sp³-hybridized carbons (Fsp3) is 1.00. The third kappa shape index (κ3) is 3.53. The third-order valence-corrected chi connectivity index (χ3v) is 4.18. The van der Waals surface area contributed by atoms with E-state index in [1.807, 2.05) is 0 Å². The molecule has 0 aromatic rings. The first-order chi connectivity index (χ1) is 6.67. The molecule has 0 radical (unpaired) electrons. The summed E-state index contributed by atoms with van der Waals surface area (Å²) in [5.74, 6) is 0.195. The first kappa shape index (κ1) is 11.9. The van der Waals surface area contributed by atoms with Gasteiger partial charge in [0.2, 0.25) is 10.0 Å². The molecule has 6 heteroatoms. The van der Waals surface area contributed by atoms with Crippen LogP contribution in [0.15, 0.2) is 0 Å². The molecule has 0 saturated carbocycles. The Kier molecular flexibility index (Phi) is 4.80. The van der Waals surface area contributed by atoms with E-state index in [2.05, 4.69) is 5.32 Å². The zero-order valence-corrected chi connectivity index (χ0v) is 9.35. The second-order valence-corrected chi connectivity index (χ2v) is 5.40. The number of methoxy groups -OCH3 is 1. The van der Waals surface area contributed by atoms with Crippen molar-refractivity contribution < 1.29 is 13.2 Å². The van der Waals surface area contributed by atoms with Gasteiger partial charge in [-0.2, -0.15) is 4.31 Å². The lowest BCUT2D eigenvalue weighted by molar-refractivity contribution is 0.199. The van der Waals surface area contributed by atoms with E-state index in [0.717, 1.165) is 13.1 Å². The van der Waals surface area contributed by atoms with Crippen molar-refractivity contribution in [3.05, 3.63) is 0 Å². The first-order valence-corrected chi connectivity index (χ1v) is 6.45. The molecular formula is C8H18N2O3S. The van der Waals surface area contributed by atoms with Crippen molar-refractivity contribution in [2.75, 3.05) is 45.6 Å². The maximum atomic E-state index is 11.7. The van der Waals surface area contributed by atoms with E-state index in [1.165, 1.54) is 0 Å². The second kappa shape index (κ2) is 5.65. The average Bonchev–Trinajstić information content (AvgIpc) is 2.19. The monoisotopic (exact) mass is 222 g/mol. The maximum Gasteiger partial charge on any atom is 0.214 e. The molecule has 1 fully saturated rings. The third-order valence-electron chi connectivity index (χ3n) is 2.22. The van der Waals surface area contributed by atoms with Gasteiger partial charge >= 0.3 is 0 Å². The molecule has 0 bridgehead atoms. The molecule has 1 heterocycles. The van der Waals surface area contributed by atoms with Crippen molar-refractivity contribution in [1.82, 2.24) is 9.62 Å². The molecule has 1 aliphatic heterocycles. The van der Waals surface area contributed by atoms with Gasteiger partial charge in [-0.05, 0) is 6.42 Å². The minimum absolute atomic E-state index is 0.195. The summed E-state index contributed by atoms with van der Waals surface area (Å²) in [6.45, 7) is 3.20. The van der Waals surface area contributed by atoms with Crippen molar-refractivity contribution >= 4 is 10.0 Å². The number of nitrogens with zero attached hydrogens (tertiary/aromatic N) is 1. The highest BCUT2D eigenvalue weighted by molar-refractivity contribution is 7.89. The van der Waals surface area contributed by atoms with Crippen LogP contribution in [0, 0.1) is 0 Å². The normalized spacial score (nSPS) is 19.8. The van der Waals surface area contributed by atoms with Crippen LogP contribution in [-0.4, -0.2) is 58.4 Å². The molecule has 0 amide bonds. The highest BCUT2D eigenvalue weighted by Gasteiger charge is 2.22. The maximum absolute atomic E-state index is 11.7. The van der Waals surface area contributed by atoms with Crippen LogP contribution in [0.1, 0.15) is 6.42 Å². The Bertz CT molecular complexity index is 247. The summed E-state index contributed by atoms with van der Waals surface area (Å²) in [5.41, 5.74) is 0. The number of hydrogen-bond donors (Lipinski definition) is 1. The van der Waals surface area contributed by atoms with Gasteiger partial charge < -0.3 is 10.1 Å².